The van der Waals surface area contributed by atoms with Crippen LogP contribution in [0.5, 0.6) is 0 Å². The molecule has 0 amide bonds. The summed E-state index contributed by atoms with van der Waals surface area (Å²) in [5.41, 5.74) is 9.99. The number of hydrogen-bond acceptors (Lipinski definition) is 5. The molecule has 0 bridgehead atoms. The van der Waals surface area contributed by atoms with Crippen LogP contribution in [0.2, 0.25) is 0 Å². The molecular formula is C23H37N6-. The van der Waals surface area contributed by atoms with E-state index in [2.05, 4.69) is 82.3 Å². The van der Waals surface area contributed by atoms with Crippen molar-refractivity contribution in [1.82, 2.24) is 10.9 Å². The zero-order valence-electron chi connectivity index (χ0n) is 19.5. The molecule has 160 valence electrons. The summed E-state index contributed by atoms with van der Waals surface area (Å²) in [5, 5.41) is 9.82. The molecule has 2 unspecified atom stereocenters. The number of hydrogen-bond donors (Lipinski definition) is 2. The van der Waals surface area contributed by atoms with Crippen molar-refractivity contribution < 1.29 is 0 Å². The monoisotopic (exact) mass is 397 g/mol. The highest BCUT2D eigenvalue weighted by Crippen LogP contribution is 2.45. The van der Waals surface area contributed by atoms with Crippen molar-refractivity contribution in [1.29, 1.82) is 0 Å². The lowest BCUT2D eigenvalue weighted by molar-refractivity contribution is 0.0444. The molecule has 0 saturated heterocycles. The van der Waals surface area contributed by atoms with E-state index in [4.69, 9.17) is 4.99 Å². The molecule has 2 atom stereocenters. The Kier molecular flexibility index (Phi) is 6.89. The van der Waals surface area contributed by atoms with Crippen LogP contribution in [0.4, 0.5) is 11.4 Å². The fraction of sp³-hybridized carbons (Fsp3) is 0.609. The number of anilines is 1. The third-order valence-corrected chi connectivity index (χ3v) is 6.85. The van der Waals surface area contributed by atoms with Crippen LogP contribution in [0.3, 0.4) is 0 Å². The molecule has 0 saturated carbocycles. The SMILES string of the molecule is CCN(C)c1ccc(N=C(C=[N-])C2=NC(C(C)C(C)(C)C(C)(C)C)NN2)c(C)c1. The molecule has 0 aliphatic carbocycles. The van der Waals surface area contributed by atoms with Gasteiger partial charge in [0, 0.05) is 19.3 Å². The zero-order valence-corrected chi connectivity index (χ0v) is 19.5. The molecular weight excluding hydrogens is 360 g/mol. The Morgan fingerprint density at radius 3 is 2.48 bits per heavy atom. The van der Waals surface area contributed by atoms with E-state index in [1.165, 1.54) is 0 Å². The summed E-state index contributed by atoms with van der Waals surface area (Å²) >= 11 is 0. The van der Waals surface area contributed by atoms with E-state index in [1.807, 2.05) is 19.1 Å². The van der Waals surface area contributed by atoms with Crippen molar-refractivity contribution in [2.24, 2.45) is 26.7 Å². The molecule has 1 aromatic rings. The molecule has 1 heterocycles. The number of rotatable bonds is 7. The number of benzene rings is 1. The van der Waals surface area contributed by atoms with Gasteiger partial charge in [-0.2, -0.15) is 6.21 Å². The fourth-order valence-electron chi connectivity index (χ4n) is 3.25. The molecule has 1 aromatic carbocycles. The highest BCUT2D eigenvalue weighted by atomic mass is 15.5. The number of nitrogens with one attached hydrogen (secondary N) is 2. The molecule has 29 heavy (non-hydrogen) atoms. The highest BCUT2D eigenvalue weighted by Gasteiger charge is 2.42. The van der Waals surface area contributed by atoms with Crippen LogP contribution in [-0.2, 0) is 0 Å². The predicted octanol–water partition coefficient (Wildman–Crippen LogP) is 4.70. The smallest absolute Gasteiger partial charge is 0.161 e. The second kappa shape index (κ2) is 8.66. The van der Waals surface area contributed by atoms with Gasteiger partial charge in [-0.3, -0.25) is 0 Å². The number of amidine groups is 1. The van der Waals surface area contributed by atoms with Crippen molar-refractivity contribution >= 4 is 29.1 Å². The molecule has 6 heteroatoms. The van der Waals surface area contributed by atoms with Gasteiger partial charge in [-0.05, 0) is 54.4 Å². The minimum Gasteiger partial charge on any atom is -0.809 e. The summed E-state index contributed by atoms with van der Waals surface area (Å²) in [4.78, 5) is 11.6. The van der Waals surface area contributed by atoms with E-state index >= 15 is 0 Å². The lowest BCUT2D eigenvalue weighted by atomic mass is 9.62. The van der Waals surface area contributed by atoms with Gasteiger partial charge in [0.05, 0.1) is 11.4 Å². The van der Waals surface area contributed by atoms with Crippen molar-refractivity contribution in [3.63, 3.8) is 0 Å². The quantitative estimate of drug-likeness (QED) is 0.655. The van der Waals surface area contributed by atoms with Crippen LogP contribution < -0.4 is 15.8 Å². The maximum absolute atomic E-state index is 9.82. The molecule has 1 aliphatic rings. The predicted molar refractivity (Wildman–Crippen MR) is 127 cm³/mol. The average molecular weight is 398 g/mol. The second-order valence-corrected chi connectivity index (χ2v) is 9.56. The Labute approximate surface area is 176 Å². The first-order valence-corrected chi connectivity index (χ1v) is 10.4. The standard InChI is InChI=1S/C23H37N6/c1-10-29(9)17-11-12-18(15(2)13-17)25-19(14-24)21-26-20(27-28-21)16(3)23(7,8)22(4,5)6/h11-14,16,20,27H,10H2,1-9H3,(H,26,28)/q-1. The maximum atomic E-state index is 9.82. The van der Waals surface area contributed by atoms with E-state index in [-0.39, 0.29) is 22.9 Å². The molecule has 2 N–H and O–H groups in total. The lowest BCUT2D eigenvalue weighted by Gasteiger charge is -2.45. The van der Waals surface area contributed by atoms with Crippen LogP contribution in [0, 0.1) is 23.7 Å². The highest BCUT2D eigenvalue weighted by molar-refractivity contribution is 6.63. The maximum Gasteiger partial charge on any atom is 0.161 e. The Hall–Kier alpha value is -2.21. The fourth-order valence-corrected chi connectivity index (χ4v) is 3.25. The van der Waals surface area contributed by atoms with Crippen molar-refractivity contribution in [3.8, 4) is 0 Å². The Morgan fingerprint density at radius 2 is 1.97 bits per heavy atom. The van der Waals surface area contributed by atoms with Gasteiger partial charge in [0.1, 0.15) is 6.17 Å². The summed E-state index contributed by atoms with van der Waals surface area (Å²) in [6.07, 6.45) is 0.923. The van der Waals surface area contributed by atoms with Crippen molar-refractivity contribution in [3.05, 3.63) is 29.2 Å². The minimum absolute atomic E-state index is 0.0588. The third kappa shape index (κ3) is 4.86. The molecule has 0 aromatic heterocycles. The first-order chi connectivity index (χ1) is 13.4. The third-order valence-electron chi connectivity index (χ3n) is 6.85. The summed E-state index contributed by atoms with van der Waals surface area (Å²) < 4.78 is 0. The number of nitrogens with zero attached hydrogens (tertiary/aromatic N) is 4. The topological polar surface area (TPSA) is 74.3 Å². The second-order valence-electron chi connectivity index (χ2n) is 9.56. The van der Waals surface area contributed by atoms with Crippen molar-refractivity contribution in [2.75, 3.05) is 18.5 Å². The molecule has 1 aliphatic heterocycles. The Morgan fingerprint density at radius 1 is 1.31 bits per heavy atom. The van der Waals surface area contributed by atoms with Crippen molar-refractivity contribution in [2.45, 2.75) is 61.6 Å². The summed E-state index contributed by atoms with van der Waals surface area (Å²) in [5.74, 6) is 0.834. The summed E-state index contributed by atoms with van der Waals surface area (Å²) in [6, 6.07) is 6.13. The molecule has 6 nitrogen and oxygen atoms in total. The van der Waals surface area contributed by atoms with Gasteiger partial charge in [0.15, 0.2) is 5.84 Å². The largest absolute Gasteiger partial charge is 0.809 e. The van der Waals surface area contributed by atoms with Crippen LogP contribution in [0.1, 0.15) is 54.0 Å². The van der Waals surface area contributed by atoms with Crippen LogP contribution in [0.15, 0.2) is 28.2 Å². The summed E-state index contributed by atoms with van der Waals surface area (Å²) in [6.45, 7) is 18.6. The van der Waals surface area contributed by atoms with E-state index in [0.29, 0.717) is 11.5 Å². The van der Waals surface area contributed by atoms with Gasteiger partial charge < -0.3 is 15.7 Å². The van der Waals surface area contributed by atoms with Gasteiger partial charge in [-0.1, -0.05) is 41.5 Å². The Bertz CT molecular complexity index is 800. The van der Waals surface area contributed by atoms with E-state index < -0.39 is 0 Å². The van der Waals surface area contributed by atoms with Crippen LogP contribution >= 0.6 is 0 Å². The van der Waals surface area contributed by atoms with E-state index in [0.717, 1.165) is 29.7 Å². The minimum atomic E-state index is -0.0916. The first-order valence-electron chi connectivity index (χ1n) is 10.4. The molecule has 0 spiro atoms. The number of aliphatic imine (C=N–C) groups is 2. The molecule has 2 rings (SSSR count). The van der Waals surface area contributed by atoms with Crippen LogP contribution in [-0.4, -0.2) is 37.5 Å². The molecule has 0 radical (unpaired) electrons. The van der Waals surface area contributed by atoms with Crippen LogP contribution in [0.25, 0.3) is 5.41 Å². The lowest BCUT2D eigenvalue weighted by Crippen LogP contribution is -2.47. The van der Waals surface area contributed by atoms with Gasteiger partial charge >= 0.3 is 0 Å². The number of hydrazine groups is 1. The molecule has 0 fully saturated rings. The Balaban J connectivity index is 2.29. The van der Waals surface area contributed by atoms with Gasteiger partial charge in [-0.25, -0.2) is 15.4 Å². The average Bonchev–Trinajstić information content (AvgIpc) is 3.14. The first kappa shape index (κ1) is 23.1. The summed E-state index contributed by atoms with van der Waals surface area (Å²) in [7, 11) is 2.06. The number of aryl methyl sites for hydroxylation is 1. The van der Waals surface area contributed by atoms with E-state index in [9.17, 15) is 5.41 Å². The van der Waals surface area contributed by atoms with Gasteiger partial charge in [0.25, 0.3) is 0 Å². The normalized spacial score (nSPS) is 18.9. The van der Waals surface area contributed by atoms with E-state index in [1.54, 1.807) is 0 Å². The van der Waals surface area contributed by atoms with Gasteiger partial charge in [-0.15, -0.1) is 0 Å². The van der Waals surface area contributed by atoms with Gasteiger partial charge in [0.2, 0.25) is 0 Å². The zero-order chi connectivity index (χ0) is 22.0.